The topological polar surface area (TPSA) is 132 Å². The summed E-state index contributed by atoms with van der Waals surface area (Å²) in [5.41, 5.74) is 6.28. The van der Waals surface area contributed by atoms with Gasteiger partial charge in [-0.2, -0.15) is 4.68 Å². The van der Waals surface area contributed by atoms with Gasteiger partial charge in [0.15, 0.2) is 0 Å². The molecule has 1 fully saturated rings. The van der Waals surface area contributed by atoms with Crippen LogP contribution in [0.2, 0.25) is 0 Å². The third-order valence-corrected chi connectivity index (χ3v) is 5.16. The van der Waals surface area contributed by atoms with E-state index in [0.717, 1.165) is 37.0 Å². The molecule has 1 aliphatic rings. The summed E-state index contributed by atoms with van der Waals surface area (Å²) in [5.74, 6) is -0.851. The molecule has 2 amide bonds. The Morgan fingerprint density at radius 1 is 1.10 bits per heavy atom. The van der Waals surface area contributed by atoms with E-state index in [-0.39, 0.29) is 24.3 Å². The van der Waals surface area contributed by atoms with Gasteiger partial charge in [-0.05, 0) is 37.9 Å². The summed E-state index contributed by atoms with van der Waals surface area (Å²) in [5, 5.41) is 14.0. The van der Waals surface area contributed by atoms with Crippen molar-refractivity contribution in [2.45, 2.75) is 57.4 Å². The van der Waals surface area contributed by atoms with Crippen LogP contribution in [0.1, 0.15) is 57.4 Å². The number of anilines is 1. The van der Waals surface area contributed by atoms with Gasteiger partial charge in [0.05, 0.1) is 5.39 Å². The summed E-state index contributed by atoms with van der Waals surface area (Å²) in [6, 6.07) is 4.56. The fourth-order valence-electron chi connectivity index (χ4n) is 3.57. The van der Waals surface area contributed by atoms with Gasteiger partial charge in [-0.15, -0.1) is 5.10 Å². The number of unbranched alkanes of at least 4 members (excludes halogenated alkanes) is 5. The number of aromatic nitrogens is 3. The number of nitrogens with two attached hydrogens (primary N) is 1. The largest absolute Gasteiger partial charge is 0.384 e. The molecule has 1 aliphatic heterocycles. The molecule has 2 aromatic rings. The second-order valence-electron chi connectivity index (χ2n) is 7.34. The average Bonchev–Trinajstić information content (AvgIpc) is 2.71. The number of hydrogen-bond acceptors (Lipinski definition) is 7. The van der Waals surface area contributed by atoms with Gasteiger partial charge < -0.3 is 11.1 Å². The molecule has 9 nitrogen and oxygen atoms in total. The number of imide groups is 1. The summed E-state index contributed by atoms with van der Waals surface area (Å²) in [6.45, 7) is 1.50. The van der Waals surface area contributed by atoms with E-state index in [1.165, 1.54) is 19.3 Å². The molecule has 0 radical (unpaired) electrons. The molecule has 3 rings (SSSR count). The monoisotopic (exact) mass is 400 g/mol. The number of amides is 2. The van der Waals surface area contributed by atoms with E-state index in [2.05, 4.69) is 20.9 Å². The molecule has 29 heavy (non-hydrogen) atoms. The van der Waals surface area contributed by atoms with E-state index in [1.807, 2.05) is 12.1 Å². The van der Waals surface area contributed by atoms with Crippen molar-refractivity contribution in [2.24, 2.45) is 5.73 Å². The van der Waals surface area contributed by atoms with Crippen LogP contribution in [0.3, 0.4) is 0 Å². The van der Waals surface area contributed by atoms with E-state index in [1.54, 1.807) is 6.07 Å². The maximum Gasteiger partial charge on any atom is 0.280 e. The van der Waals surface area contributed by atoms with Crippen LogP contribution in [0.5, 0.6) is 0 Å². The molecule has 156 valence electrons. The molecular weight excluding hydrogens is 372 g/mol. The number of nitrogens with one attached hydrogen (secondary N) is 2. The zero-order valence-electron chi connectivity index (χ0n) is 16.5. The van der Waals surface area contributed by atoms with Crippen LogP contribution in [-0.4, -0.2) is 39.9 Å². The number of fused-ring (bicyclic) bond motifs is 1. The Bertz CT molecular complexity index is 926. The lowest BCUT2D eigenvalue weighted by atomic mass is 10.1. The first-order chi connectivity index (χ1) is 14.1. The van der Waals surface area contributed by atoms with Gasteiger partial charge in [0.2, 0.25) is 5.91 Å². The fraction of sp³-hybridized carbons (Fsp3) is 0.550. The van der Waals surface area contributed by atoms with Crippen LogP contribution in [0.15, 0.2) is 23.0 Å². The summed E-state index contributed by atoms with van der Waals surface area (Å²) >= 11 is 0. The first-order valence-electron chi connectivity index (χ1n) is 10.3. The molecule has 0 bridgehead atoms. The fourth-order valence-corrected chi connectivity index (χ4v) is 3.57. The van der Waals surface area contributed by atoms with Crippen LogP contribution >= 0.6 is 0 Å². The van der Waals surface area contributed by atoms with Gasteiger partial charge in [0.25, 0.3) is 11.5 Å². The van der Waals surface area contributed by atoms with Crippen molar-refractivity contribution in [3.05, 3.63) is 28.6 Å². The van der Waals surface area contributed by atoms with Crippen molar-refractivity contribution in [2.75, 3.05) is 18.4 Å². The van der Waals surface area contributed by atoms with Crippen LogP contribution < -0.4 is 21.9 Å². The second-order valence-corrected chi connectivity index (χ2v) is 7.34. The number of benzene rings is 1. The third-order valence-electron chi connectivity index (χ3n) is 5.16. The molecule has 2 heterocycles. The van der Waals surface area contributed by atoms with Gasteiger partial charge in [-0.25, -0.2) is 0 Å². The van der Waals surface area contributed by atoms with Crippen LogP contribution in [0, 0.1) is 0 Å². The summed E-state index contributed by atoms with van der Waals surface area (Å²) in [4.78, 5) is 36.6. The SMILES string of the molecule is NCCCCCCCCNc1cccc2nnn(C3CCC(=O)NC3=O)c(=O)c12. The van der Waals surface area contributed by atoms with Gasteiger partial charge in [0, 0.05) is 18.7 Å². The summed E-state index contributed by atoms with van der Waals surface area (Å²) < 4.78 is 1.09. The standard InChI is InChI=1S/C20H28N6O3/c21-12-5-3-1-2-4-6-13-22-14-8-7-9-15-18(14)20(29)26(25-24-15)16-10-11-17(27)23-19(16)28/h7-9,16,22H,1-6,10-13,21H2,(H,23,27,28). The lowest BCUT2D eigenvalue weighted by molar-refractivity contribution is -0.136. The Morgan fingerprint density at radius 2 is 1.86 bits per heavy atom. The summed E-state index contributed by atoms with van der Waals surface area (Å²) in [7, 11) is 0. The molecule has 1 aromatic carbocycles. The zero-order chi connectivity index (χ0) is 20.6. The number of nitrogens with zero attached hydrogens (tertiary/aromatic N) is 3. The molecule has 9 heteroatoms. The molecule has 0 saturated carbocycles. The predicted molar refractivity (Wildman–Crippen MR) is 110 cm³/mol. The van der Waals surface area contributed by atoms with Gasteiger partial charge in [0.1, 0.15) is 11.6 Å². The third kappa shape index (κ3) is 5.17. The van der Waals surface area contributed by atoms with Crippen molar-refractivity contribution in [3.8, 4) is 0 Å². The smallest absolute Gasteiger partial charge is 0.280 e. The molecular formula is C20H28N6O3. The Kier molecular flexibility index (Phi) is 7.29. The molecule has 1 saturated heterocycles. The second kappa shape index (κ2) is 10.1. The van der Waals surface area contributed by atoms with Crippen molar-refractivity contribution in [1.82, 2.24) is 20.3 Å². The molecule has 0 spiro atoms. The minimum absolute atomic E-state index is 0.174. The number of hydrogen-bond donors (Lipinski definition) is 3. The number of carbonyl (C=O) groups is 2. The molecule has 0 aliphatic carbocycles. The Labute approximate surface area is 169 Å². The zero-order valence-corrected chi connectivity index (χ0v) is 16.5. The molecule has 1 aromatic heterocycles. The van der Waals surface area contributed by atoms with Crippen molar-refractivity contribution >= 4 is 28.4 Å². The van der Waals surface area contributed by atoms with Gasteiger partial charge >= 0.3 is 0 Å². The molecule has 1 atom stereocenters. The lowest BCUT2D eigenvalue weighted by Crippen LogP contribution is -2.45. The maximum absolute atomic E-state index is 13.1. The highest BCUT2D eigenvalue weighted by Gasteiger charge is 2.30. The highest BCUT2D eigenvalue weighted by molar-refractivity contribution is 5.99. The summed E-state index contributed by atoms with van der Waals surface area (Å²) in [6.07, 6.45) is 7.14. The van der Waals surface area contributed by atoms with Gasteiger partial charge in [-0.1, -0.05) is 37.0 Å². The number of piperidine rings is 1. The number of rotatable bonds is 10. The normalized spacial score (nSPS) is 16.8. The first-order valence-corrected chi connectivity index (χ1v) is 10.3. The molecule has 1 unspecified atom stereocenters. The van der Waals surface area contributed by atoms with E-state index in [0.29, 0.717) is 16.6 Å². The highest BCUT2D eigenvalue weighted by Crippen LogP contribution is 2.21. The highest BCUT2D eigenvalue weighted by atomic mass is 16.2. The van der Waals surface area contributed by atoms with Crippen molar-refractivity contribution in [1.29, 1.82) is 0 Å². The van der Waals surface area contributed by atoms with Crippen LogP contribution in [0.25, 0.3) is 10.9 Å². The van der Waals surface area contributed by atoms with Crippen molar-refractivity contribution in [3.63, 3.8) is 0 Å². The lowest BCUT2D eigenvalue weighted by Gasteiger charge is -2.21. The predicted octanol–water partition coefficient (Wildman–Crippen LogP) is 1.48. The number of carbonyl (C=O) groups excluding carboxylic acids is 2. The Hall–Kier alpha value is -2.81. The minimum Gasteiger partial charge on any atom is -0.384 e. The Morgan fingerprint density at radius 3 is 2.62 bits per heavy atom. The van der Waals surface area contributed by atoms with E-state index < -0.39 is 11.9 Å². The maximum atomic E-state index is 13.1. The van der Waals surface area contributed by atoms with Crippen LogP contribution in [-0.2, 0) is 9.59 Å². The van der Waals surface area contributed by atoms with E-state index in [9.17, 15) is 14.4 Å². The van der Waals surface area contributed by atoms with Crippen LogP contribution in [0.4, 0.5) is 5.69 Å². The quantitative estimate of drug-likeness (QED) is 0.406. The first kappa shape index (κ1) is 20.9. The average molecular weight is 400 g/mol. The Balaban J connectivity index is 1.69. The van der Waals surface area contributed by atoms with E-state index >= 15 is 0 Å². The minimum atomic E-state index is -0.821. The molecule has 4 N–H and O–H groups in total. The van der Waals surface area contributed by atoms with E-state index in [4.69, 9.17) is 5.73 Å². The van der Waals surface area contributed by atoms with Crippen molar-refractivity contribution < 1.29 is 9.59 Å². The van der Waals surface area contributed by atoms with Gasteiger partial charge in [-0.3, -0.25) is 19.7 Å².